The third kappa shape index (κ3) is 3.75. The second kappa shape index (κ2) is 7.11. The lowest BCUT2D eigenvalue weighted by Gasteiger charge is -2.39. The van der Waals surface area contributed by atoms with Crippen molar-refractivity contribution in [3.63, 3.8) is 0 Å². The first-order valence-corrected chi connectivity index (χ1v) is 9.66. The minimum atomic E-state index is -0.0625. The summed E-state index contributed by atoms with van der Waals surface area (Å²) in [6, 6.07) is 5.57. The number of carbonyl (C=O) groups is 1. The molecule has 2 fully saturated rings. The molecule has 3 heterocycles. The molecule has 2 aliphatic rings. The van der Waals surface area contributed by atoms with E-state index in [2.05, 4.69) is 9.97 Å². The highest BCUT2D eigenvalue weighted by molar-refractivity contribution is 7.99. The molecule has 0 unspecified atom stereocenters. The molecular weight excluding hydrogens is 352 g/mol. The van der Waals surface area contributed by atoms with Crippen LogP contribution in [0.15, 0.2) is 40.5 Å². The SMILES string of the molecule is Cc1cc(OC2CN(C(=O)CSc3ncccn3)C2)cc(=O)n1C1CC1. The molecule has 1 aliphatic heterocycles. The third-order valence-electron chi connectivity index (χ3n) is 4.52. The van der Waals surface area contributed by atoms with Gasteiger partial charge in [-0.05, 0) is 31.9 Å². The van der Waals surface area contributed by atoms with E-state index < -0.39 is 0 Å². The lowest BCUT2D eigenvalue weighted by Crippen LogP contribution is -2.56. The highest BCUT2D eigenvalue weighted by Gasteiger charge is 2.32. The number of ether oxygens (including phenoxy) is 1. The molecule has 1 saturated heterocycles. The molecule has 1 saturated carbocycles. The van der Waals surface area contributed by atoms with E-state index in [1.807, 2.05) is 17.6 Å². The van der Waals surface area contributed by atoms with Gasteiger partial charge in [-0.1, -0.05) is 11.8 Å². The number of amides is 1. The predicted molar refractivity (Wildman–Crippen MR) is 97.5 cm³/mol. The highest BCUT2D eigenvalue weighted by atomic mass is 32.2. The number of hydrogen-bond acceptors (Lipinski definition) is 6. The lowest BCUT2D eigenvalue weighted by atomic mass is 10.1. The molecule has 1 amide bonds. The zero-order chi connectivity index (χ0) is 18.1. The summed E-state index contributed by atoms with van der Waals surface area (Å²) >= 11 is 1.33. The predicted octanol–water partition coefficient (Wildman–Crippen LogP) is 1.66. The Bertz CT molecular complexity index is 860. The Labute approximate surface area is 155 Å². The molecule has 7 nitrogen and oxygen atoms in total. The van der Waals surface area contributed by atoms with Crippen molar-refractivity contribution in [1.82, 2.24) is 19.4 Å². The maximum Gasteiger partial charge on any atom is 0.254 e. The topological polar surface area (TPSA) is 77.3 Å². The Morgan fingerprint density at radius 3 is 2.65 bits per heavy atom. The first kappa shape index (κ1) is 17.1. The fourth-order valence-corrected chi connectivity index (χ4v) is 3.74. The summed E-state index contributed by atoms with van der Waals surface area (Å²) in [6.45, 7) is 3.02. The number of aromatic nitrogens is 3. The number of carbonyl (C=O) groups excluding carboxylic acids is 1. The van der Waals surface area contributed by atoms with Crippen LogP contribution < -0.4 is 10.3 Å². The quantitative estimate of drug-likeness (QED) is 0.567. The van der Waals surface area contributed by atoms with Crippen molar-refractivity contribution in [2.24, 2.45) is 0 Å². The number of aryl methyl sites for hydroxylation is 1. The molecule has 1 aliphatic carbocycles. The molecule has 8 heteroatoms. The summed E-state index contributed by atoms with van der Waals surface area (Å²) in [6.07, 6.45) is 5.41. The number of likely N-dealkylation sites (tertiary alicyclic amines) is 1. The second-order valence-electron chi connectivity index (χ2n) is 6.63. The van der Waals surface area contributed by atoms with Crippen LogP contribution in [0.2, 0.25) is 0 Å². The van der Waals surface area contributed by atoms with E-state index in [0.29, 0.717) is 35.8 Å². The summed E-state index contributed by atoms with van der Waals surface area (Å²) < 4.78 is 7.71. The van der Waals surface area contributed by atoms with Crippen molar-refractivity contribution in [2.45, 2.75) is 37.1 Å². The molecular formula is C18H20N4O3S. The van der Waals surface area contributed by atoms with Crippen molar-refractivity contribution in [3.05, 3.63) is 46.6 Å². The number of rotatable bonds is 6. The molecule has 0 bridgehead atoms. The van der Waals surface area contributed by atoms with Gasteiger partial charge in [0.1, 0.15) is 11.9 Å². The van der Waals surface area contributed by atoms with Gasteiger partial charge in [-0.15, -0.1) is 0 Å². The number of thioether (sulfide) groups is 1. The van der Waals surface area contributed by atoms with Crippen LogP contribution in [0.3, 0.4) is 0 Å². The molecule has 0 N–H and O–H groups in total. The van der Waals surface area contributed by atoms with Gasteiger partial charge in [0.05, 0.1) is 18.8 Å². The van der Waals surface area contributed by atoms with Crippen molar-refractivity contribution in [3.8, 4) is 5.75 Å². The van der Waals surface area contributed by atoms with Crippen molar-refractivity contribution in [2.75, 3.05) is 18.8 Å². The van der Waals surface area contributed by atoms with Gasteiger partial charge in [-0.2, -0.15) is 0 Å². The first-order valence-electron chi connectivity index (χ1n) is 8.67. The van der Waals surface area contributed by atoms with Gasteiger partial charge in [-0.25, -0.2) is 9.97 Å². The fraction of sp³-hybridized carbons (Fsp3) is 0.444. The van der Waals surface area contributed by atoms with Crippen LogP contribution in [0, 0.1) is 6.92 Å². The van der Waals surface area contributed by atoms with Gasteiger partial charge in [0.2, 0.25) is 5.91 Å². The minimum Gasteiger partial charge on any atom is -0.486 e. The van der Waals surface area contributed by atoms with Gasteiger partial charge in [0.25, 0.3) is 5.56 Å². The van der Waals surface area contributed by atoms with E-state index in [9.17, 15) is 9.59 Å². The van der Waals surface area contributed by atoms with E-state index >= 15 is 0 Å². The maximum atomic E-state index is 12.2. The van der Waals surface area contributed by atoms with Gasteiger partial charge in [0, 0.05) is 30.2 Å². The highest BCUT2D eigenvalue weighted by Crippen LogP contribution is 2.35. The van der Waals surface area contributed by atoms with Crippen LogP contribution in [0.1, 0.15) is 24.6 Å². The summed E-state index contributed by atoms with van der Waals surface area (Å²) in [5, 5.41) is 0.598. The standard InChI is InChI=1S/C18H20N4O3S/c1-12-7-14(8-16(23)22(12)13-3-4-13)25-15-9-21(10-15)17(24)11-26-18-19-5-2-6-20-18/h2,5-8,13,15H,3-4,9-11H2,1H3. The normalized spacial score (nSPS) is 17.0. The summed E-state index contributed by atoms with van der Waals surface area (Å²) in [4.78, 5) is 34.3. The Kier molecular flexibility index (Phi) is 4.67. The summed E-state index contributed by atoms with van der Waals surface area (Å²) in [5.74, 6) is 0.948. The summed E-state index contributed by atoms with van der Waals surface area (Å²) in [7, 11) is 0. The van der Waals surface area contributed by atoms with Crippen molar-refractivity contribution < 1.29 is 9.53 Å². The van der Waals surface area contributed by atoms with Crippen LogP contribution in [-0.4, -0.2) is 50.3 Å². The molecule has 0 aromatic carbocycles. The van der Waals surface area contributed by atoms with Gasteiger partial charge in [-0.3, -0.25) is 9.59 Å². The molecule has 0 radical (unpaired) electrons. The number of pyridine rings is 1. The monoisotopic (exact) mass is 372 g/mol. The Hall–Kier alpha value is -2.35. The van der Waals surface area contributed by atoms with Gasteiger partial charge < -0.3 is 14.2 Å². The van der Waals surface area contributed by atoms with Crippen LogP contribution in [-0.2, 0) is 4.79 Å². The molecule has 26 heavy (non-hydrogen) atoms. The lowest BCUT2D eigenvalue weighted by molar-refractivity contribution is -0.137. The largest absolute Gasteiger partial charge is 0.486 e. The van der Waals surface area contributed by atoms with E-state index in [4.69, 9.17) is 4.74 Å². The molecule has 136 valence electrons. The third-order valence-corrected chi connectivity index (χ3v) is 5.38. The smallest absolute Gasteiger partial charge is 0.254 e. The number of hydrogen-bond donors (Lipinski definition) is 0. The average molecular weight is 372 g/mol. The average Bonchev–Trinajstić information content (AvgIpc) is 3.41. The van der Waals surface area contributed by atoms with E-state index in [0.717, 1.165) is 18.5 Å². The van der Waals surface area contributed by atoms with Crippen LogP contribution >= 0.6 is 11.8 Å². The van der Waals surface area contributed by atoms with Crippen molar-refractivity contribution in [1.29, 1.82) is 0 Å². The van der Waals surface area contributed by atoms with Crippen molar-refractivity contribution >= 4 is 17.7 Å². The molecule has 2 aromatic rings. The zero-order valence-corrected chi connectivity index (χ0v) is 15.3. The Morgan fingerprint density at radius 2 is 2.00 bits per heavy atom. The molecule has 4 rings (SSSR count). The fourth-order valence-electron chi connectivity index (χ4n) is 3.04. The van der Waals surface area contributed by atoms with Crippen LogP contribution in [0.5, 0.6) is 5.75 Å². The van der Waals surface area contributed by atoms with Gasteiger partial charge in [0.15, 0.2) is 5.16 Å². The van der Waals surface area contributed by atoms with E-state index in [1.54, 1.807) is 29.4 Å². The van der Waals surface area contributed by atoms with Crippen LogP contribution in [0.25, 0.3) is 0 Å². The molecule has 0 atom stereocenters. The minimum absolute atomic E-state index is 0.00554. The summed E-state index contributed by atoms with van der Waals surface area (Å²) in [5.41, 5.74) is 0.926. The maximum absolute atomic E-state index is 12.2. The molecule has 2 aromatic heterocycles. The number of nitrogens with zero attached hydrogens (tertiary/aromatic N) is 4. The van der Waals surface area contributed by atoms with Crippen LogP contribution in [0.4, 0.5) is 0 Å². The molecule has 0 spiro atoms. The zero-order valence-electron chi connectivity index (χ0n) is 14.5. The van der Waals surface area contributed by atoms with Gasteiger partial charge >= 0.3 is 0 Å². The Morgan fingerprint density at radius 1 is 1.27 bits per heavy atom. The van der Waals surface area contributed by atoms with E-state index in [1.165, 1.54) is 11.8 Å². The second-order valence-corrected chi connectivity index (χ2v) is 7.57. The van der Waals surface area contributed by atoms with E-state index in [-0.39, 0.29) is 17.6 Å². The first-order chi connectivity index (χ1) is 12.6. The Balaban J connectivity index is 1.27.